The van der Waals surface area contributed by atoms with E-state index in [9.17, 15) is 4.79 Å². The number of ether oxygens (including phenoxy) is 2. The Labute approximate surface area is 138 Å². The van der Waals surface area contributed by atoms with Gasteiger partial charge in [-0.25, -0.2) is 0 Å². The number of carbonyl (C=O) groups is 1. The van der Waals surface area contributed by atoms with Gasteiger partial charge in [0.25, 0.3) is 0 Å². The summed E-state index contributed by atoms with van der Waals surface area (Å²) in [7, 11) is 1.66. The first-order valence-corrected chi connectivity index (χ1v) is 7.40. The predicted molar refractivity (Wildman–Crippen MR) is 88.5 cm³/mol. The average molecular weight is 329 g/mol. The van der Waals surface area contributed by atoms with E-state index in [0.717, 1.165) is 17.7 Å². The van der Waals surface area contributed by atoms with Crippen LogP contribution in [0.25, 0.3) is 0 Å². The Morgan fingerprint density at radius 2 is 2.05 bits per heavy atom. The highest BCUT2D eigenvalue weighted by Crippen LogP contribution is 2.29. The van der Waals surface area contributed by atoms with E-state index in [-0.39, 0.29) is 18.3 Å². The Kier molecular flexibility index (Phi) is 7.65. The Morgan fingerprint density at radius 1 is 1.36 bits per heavy atom. The van der Waals surface area contributed by atoms with Crippen molar-refractivity contribution in [3.8, 4) is 5.75 Å². The molecule has 2 rings (SSSR count). The molecule has 5 nitrogen and oxygen atoms in total. The lowest BCUT2D eigenvalue weighted by atomic mass is 9.79. The number of hydrogen-bond donors (Lipinski definition) is 2. The van der Waals surface area contributed by atoms with Gasteiger partial charge in [-0.3, -0.25) is 4.79 Å². The zero-order valence-corrected chi connectivity index (χ0v) is 13.8. The van der Waals surface area contributed by atoms with E-state index in [0.29, 0.717) is 39.1 Å². The van der Waals surface area contributed by atoms with Gasteiger partial charge >= 0.3 is 0 Å². The number of para-hydroxylation sites is 1. The monoisotopic (exact) mass is 328 g/mol. The summed E-state index contributed by atoms with van der Waals surface area (Å²) in [6, 6.07) is 7.85. The van der Waals surface area contributed by atoms with Gasteiger partial charge in [-0.05, 0) is 30.9 Å². The quantitative estimate of drug-likeness (QED) is 0.830. The van der Waals surface area contributed by atoms with E-state index in [1.54, 1.807) is 7.11 Å². The van der Waals surface area contributed by atoms with Gasteiger partial charge in [-0.2, -0.15) is 0 Å². The van der Waals surface area contributed by atoms with Gasteiger partial charge in [0, 0.05) is 26.3 Å². The zero-order chi connectivity index (χ0) is 15.1. The molecule has 1 saturated heterocycles. The summed E-state index contributed by atoms with van der Waals surface area (Å²) < 4.78 is 10.6. The lowest BCUT2D eigenvalue weighted by Crippen LogP contribution is -2.49. The molecule has 0 unspecified atom stereocenters. The molecule has 6 heteroatoms. The van der Waals surface area contributed by atoms with Crippen LogP contribution >= 0.6 is 12.4 Å². The second-order valence-corrected chi connectivity index (χ2v) is 5.41. The van der Waals surface area contributed by atoms with Crippen molar-refractivity contribution < 1.29 is 14.3 Å². The first-order valence-electron chi connectivity index (χ1n) is 7.40. The van der Waals surface area contributed by atoms with Crippen LogP contribution in [0, 0.1) is 5.41 Å². The summed E-state index contributed by atoms with van der Waals surface area (Å²) >= 11 is 0. The fourth-order valence-corrected chi connectivity index (χ4v) is 2.69. The minimum absolute atomic E-state index is 0. The van der Waals surface area contributed by atoms with Crippen LogP contribution in [0.5, 0.6) is 5.75 Å². The van der Waals surface area contributed by atoms with Crippen molar-refractivity contribution in [2.75, 3.05) is 33.4 Å². The van der Waals surface area contributed by atoms with Gasteiger partial charge in [-0.1, -0.05) is 18.2 Å². The van der Waals surface area contributed by atoms with Crippen molar-refractivity contribution in [2.24, 2.45) is 11.1 Å². The van der Waals surface area contributed by atoms with Gasteiger partial charge in [-0.15, -0.1) is 12.4 Å². The molecule has 124 valence electrons. The number of hydrogen-bond acceptors (Lipinski definition) is 4. The third kappa shape index (κ3) is 4.35. The highest BCUT2D eigenvalue weighted by Gasteiger charge is 2.38. The number of rotatable bonds is 6. The Morgan fingerprint density at radius 3 is 2.68 bits per heavy atom. The molecule has 1 aliphatic heterocycles. The fourth-order valence-electron chi connectivity index (χ4n) is 2.69. The number of benzene rings is 1. The number of nitrogens with two attached hydrogens (primary N) is 1. The maximum atomic E-state index is 12.4. The molecule has 22 heavy (non-hydrogen) atoms. The molecule has 0 saturated carbocycles. The molecule has 3 N–H and O–H groups in total. The summed E-state index contributed by atoms with van der Waals surface area (Å²) in [5.41, 5.74) is 6.46. The zero-order valence-electron chi connectivity index (χ0n) is 13.0. The lowest BCUT2D eigenvalue weighted by molar-refractivity contribution is -0.135. The second-order valence-electron chi connectivity index (χ2n) is 5.41. The summed E-state index contributed by atoms with van der Waals surface area (Å²) in [6.07, 6.45) is 2.14. The molecule has 0 atom stereocenters. The Bertz CT molecular complexity index is 476. The van der Waals surface area contributed by atoms with Gasteiger partial charge in [0.15, 0.2) is 0 Å². The van der Waals surface area contributed by atoms with E-state index in [2.05, 4.69) is 5.32 Å². The average Bonchev–Trinajstić information content (AvgIpc) is 2.55. The van der Waals surface area contributed by atoms with E-state index < -0.39 is 5.41 Å². The molecule has 1 aromatic rings. The highest BCUT2D eigenvalue weighted by atomic mass is 35.5. The van der Waals surface area contributed by atoms with Crippen molar-refractivity contribution in [3.63, 3.8) is 0 Å². The van der Waals surface area contributed by atoms with E-state index in [1.165, 1.54) is 0 Å². The van der Waals surface area contributed by atoms with E-state index in [4.69, 9.17) is 15.2 Å². The molecule has 1 aromatic carbocycles. The largest absolute Gasteiger partial charge is 0.496 e. The van der Waals surface area contributed by atoms with Crippen molar-refractivity contribution >= 4 is 18.3 Å². The fraction of sp³-hybridized carbons (Fsp3) is 0.562. The topological polar surface area (TPSA) is 73.6 Å². The Hall–Kier alpha value is -1.30. The van der Waals surface area contributed by atoms with Crippen LogP contribution in [0.1, 0.15) is 18.4 Å². The number of halogens is 1. The molecule has 1 amide bonds. The van der Waals surface area contributed by atoms with Crippen LogP contribution in [0.15, 0.2) is 24.3 Å². The van der Waals surface area contributed by atoms with Crippen LogP contribution in [0.2, 0.25) is 0 Å². The minimum atomic E-state index is -0.459. The van der Waals surface area contributed by atoms with Crippen molar-refractivity contribution in [1.82, 2.24) is 5.32 Å². The van der Waals surface area contributed by atoms with E-state index in [1.807, 2.05) is 24.3 Å². The van der Waals surface area contributed by atoms with Gasteiger partial charge in [0.05, 0.1) is 12.5 Å². The SMILES string of the molecule is COc1ccccc1CCNC(=O)C1(CN)CCOCC1.Cl. The highest BCUT2D eigenvalue weighted by molar-refractivity contribution is 5.85. The van der Waals surface area contributed by atoms with Gasteiger partial charge < -0.3 is 20.5 Å². The smallest absolute Gasteiger partial charge is 0.227 e. The number of nitrogens with one attached hydrogen (secondary N) is 1. The second kappa shape index (κ2) is 8.98. The molecule has 0 aromatic heterocycles. The molecule has 1 aliphatic rings. The first kappa shape index (κ1) is 18.7. The van der Waals surface area contributed by atoms with E-state index >= 15 is 0 Å². The summed E-state index contributed by atoms with van der Waals surface area (Å²) in [5.74, 6) is 0.898. The van der Waals surface area contributed by atoms with Crippen LogP contribution < -0.4 is 15.8 Å². The Balaban J connectivity index is 0.00000242. The molecule has 0 spiro atoms. The van der Waals surface area contributed by atoms with Crippen LogP contribution in [-0.2, 0) is 16.0 Å². The molecular weight excluding hydrogens is 304 g/mol. The van der Waals surface area contributed by atoms with Crippen molar-refractivity contribution in [1.29, 1.82) is 0 Å². The maximum Gasteiger partial charge on any atom is 0.227 e. The summed E-state index contributed by atoms with van der Waals surface area (Å²) in [6.45, 7) is 2.17. The van der Waals surface area contributed by atoms with Crippen LogP contribution in [0.3, 0.4) is 0 Å². The molecular formula is C16H25ClN2O3. The van der Waals surface area contributed by atoms with Gasteiger partial charge in [0.2, 0.25) is 5.91 Å². The molecule has 0 radical (unpaired) electrons. The lowest BCUT2D eigenvalue weighted by Gasteiger charge is -2.34. The molecule has 0 aliphatic carbocycles. The molecule has 0 bridgehead atoms. The van der Waals surface area contributed by atoms with Gasteiger partial charge in [0.1, 0.15) is 5.75 Å². The third-order valence-corrected chi connectivity index (χ3v) is 4.19. The van der Waals surface area contributed by atoms with Crippen LogP contribution in [0.4, 0.5) is 0 Å². The van der Waals surface area contributed by atoms with Crippen molar-refractivity contribution in [2.45, 2.75) is 19.3 Å². The molecule has 1 fully saturated rings. The van der Waals surface area contributed by atoms with Crippen LogP contribution in [-0.4, -0.2) is 39.3 Å². The molecule has 1 heterocycles. The first-order chi connectivity index (χ1) is 10.2. The normalized spacial score (nSPS) is 16.5. The summed E-state index contributed by atoms with van der Waals surface area (Å²) in [4.78, 5) is 12.4. The summed E-state index contributed by atoms with van der Waals surface area (Å²) in [5, 5.41) is 3.01. The van der Waals surface area contributed by atoms with Crippen molar-refractivity contribution in [3.05, 3.63) is 29.8 Å². The number of amides is 1. The predicted octanol–water partition coefficient (Wildman–Crippen LogP) is 1.53. The standard InChI is InChI=1S/C16H24N2O3.ClH/c1-20-14-5-3-2-4-13(14)6-9-18-15(19)16(12-17)7-10-21-11-8-16;/h2-5H,6-12,17H2,1H3,(H,18,19);1H. The third-order valence-electron chi connectivity index (χ3n) is 4.19. The number of carbonyl (C=O) groups excluding carboxylic acids is 1. The minimum Gasteiger partial charge on any atom is -0.496 e. The number of methoxy groups -OCH3 is 1. The maximum absolute atomic E-state index is 12.4.